The molecule has 0 saturated carbocycles. The summed E-state index contributed by atoms with van der Waals surface area (Å²) in [5, 5.41) is 20.1. The van der Waals surface area contributed by atoms with Gasteiger partial charge in [0.15, 0.2) is 0 Å². The minimum Gasteiger partial charge on any atom is -0.395 e. The minimum absolute atomic E-state index is 0.0609. The van der Waals surface area contributed by atoms with E-state index in [1.54, 1.807) is 6.20 Å². The summed E-state index contributed by atoms with van der Waals surface area (Å²) in [7, 11) is 0. The topological polar surface area (TPSA) is 81.2 Å². The van der Waals surface area contributed by atoms with E-state index < -0.39 is 0 Å². The van der Waals surface area contributed by atoms with Gasteiger partial charge in [-0.3, -0.25) is 14.8 Å². The molecule has 1 fully saturated rings. The van der Waals surface area contributed by atoms with Crippen molar-refractivity contribution in [3.05, 3.63) is 30.0 Å². The van der Waals surface area contributed by atoms with Gasteiger partial charge in [-0.1, -0.05) is 12.1 Å². The summed E-state index contributed by atoms with van der Waals surface area (Å²) in [5.74, 6) is -0.0609. The highest BCUT2D eigenvalue weighted by molar-refractivity contribution is 6.05. The van der Waals surface area contributed by atoms with E-state index in [-0.39, 0.29) is 12.5 Å². The second-order valence-corrected chi connectivity index (χ2v) is 6.12. The van der Waals surface area contributed by atoms with E-state index in [2.05, 4.69) is 20.4 Å². The minimum atomic E-state index is -0.0609. The van der Waals surface area contributed by atoms with Gasteiger partial charge in [0.2, 0.25) is 0 Å². The molecule has 124 valence electrons. The Kier molecular flexibility index (Phi) is 5.25. The maximum absolute atomic E-state index is 12.3. The van der Waals surface area contributed by atoms with Crippen molar-refractivity contribution in [3.8, 4) is 0 Å². The number of rotatable bonds is 7. The van der Waals surface area contributed by atoms with Crippen molar-refractivity contribution in [3.63, 3.8) is 0 Å². The number of amides is 1. The molecule has 0 spiro atoms. The Morgan fingerprint density at radius 2 is 2.35 bits per heavy atom. The molecular formula is C17H24N4O2. The number of aliphatic hydroxyl groups excluding tert-OH is 1. The molecule has 1 saturated heterocycles. The predicted molar refractivity (Wildman–Crippen MR) is 89.3 cm³/mol. The van der Waals surface area contributed by atoms with Crippen LogP contribution in [0.25, 0.3) is 10.9 Å². The number of carbonyl (C=O) groups is 1. The maximum Gasteiger partial charge on any atom is 0.253 e. The largest absolute Gasteiger partial charge is 0.395 e. The predicted octanol–water partition coefficient (Wildman–Crippen LogP) is 1.53. The number of benzene rings is 1. The summed E-state index contributed by atoms with van der Waals surface area (Å²) in [6.45, 7) is 3.00. The number of nitrogens with zero attached hydrogens (tertiary/aromatic N) is 2. The number of aromatic nitrogens is 2. The summed E-state index contributed by atoms with van der Waals surface area (Å²) in [4.78, 5) is 14.6. The van der Waals surface area contributed by atoms with Gasteiger partial charge < -0.3 is 10.4 Å². The summed E-state index contributed by atoms with van der Waals surface area (Å²) in [6.07, 6.45) is 5.97. The van der Waals surface area contributed by atoms with Crippen LogP contribution in [0.5, 0.6) is 0 Å². The van der Waals surface area contributed by atoms with Crippen molar-refractivity contribution in [2.24, 2.45) is 0 Å². The number of nitrogens with one attached hydrogen (secondary N) is 2. The third-order valence-corrected chi connectivity index (χ3v) is 4.59. The third-order valence-electron chi connectivity index (χ3n) is 4.59. The molecule has 3 rings (SSSR count). The maximum atomic E-state index is 12.3. The molecule has 1 amide bonds. The lowest BCUT2D eigenvalue weighted by Crippen LogP contribution is -2.33. The number of para-hydroxylation sites is 1. The van der Waals surface area contributed by atoms with Gasteiger partial charge in [-0.05, 0) is 44.8 Å². The van der Waals surface area contributed by atoms with Gasteiger partial charge >= 0.3 is 0 Å². The van der Waals surface area contributed by atoms with Gasteiger partial charge in [-0.2, -0.15) is 5.10 Å². The van der Waals surface area contributed by atoms with Crippen molar-refractivity contribution < 1.29 is 9.90 Å². The molecule has 6 nitrogen and oxygen atoms in total. The lowest BCUT2D eigenvalue weighted by molar-refractivity contribution is 0.0953. The molecule has 0 bridgehead atoms. The van der Waals surface area contributed by atoms with Crippen molar-refractivity contribution >= 4 is 16.8 Å². The number of H-pyrrole nitrogens is 1. The monoisotopic (exact) mass is 316 g/mol. The number of hydrogen-bond acceptors (Lipinski definition) is 4. The Hall–Kier alpha value is -1.92. The van der Waals surface area contributed by atoms with Gasteiger partial charge in [0.1, 0.15) is 0 Å². The van der Waals surface area contributed by atoms with E-state index in [1.807, 2.05) is 18.2 Å². The van der Waals surface area contributed by atoms with Crippen LogP contribution in [0.3, 0.4) is 0 Å². The zero-order valence-electron chi connectivity index (χ0n) is 13.3. The number of likely N-dealkylation sites (tertiary alicyclic amines) is 1. The second-order valence-electron chi connectivity index (χ2n) is 6.12. The molecule has 1 atom stereocenters. The molecule has 2 aromatic rings. The van der Waals surface area contributed by atoms with Crippen LogP contribution in [0, 0.1) is 0 Å². The molecule has 3 N–H and O–H groups in total. The number of aromatic amines is 1. The number of aliphatic hydroxyl groups is 1. The zero-order chi connectivity index (χ0) is 16.1. The first-order valence-electron chi connectivity index (χ1n) is 8.35. The summed E-state index contributed by atoms with van der Waals surface area (Å²) in [5.41, 5.74) is 1.42. The van der Waals surface area contributed by atoms with Gasteiger partial charge in [-0.25, -0.2) is 0 Å². The SMILES string of the molecule is O=C(NCCCCN1CCCC1CO)c1cccc2cn[nH]c12. The molecule has 23 heavy (non-hydrogen) atoms. The van der Waals surface area contributed by atoms with E-state index >= 15 is 0 Å². The Labute approximate surface area is 135 Å². The lowest BCUT2D eigenvalue weighted by atomic mass is 10.1. The summed E-state index contributed by atoms with van der Waals surface area (Å²) < 4.78 is 0. The Balaban J connectivity index is 1.42. The van der Waals surface area contributed by atoms with Crippen LogP contribution in [0.2, 0.25) is 0 Å². The summed E-state index contributed by atoms with van der Waals surface area (Å²) >= 11 is 0. The average Bonchev–Trinajstić information content (AvgIpc) is 3.22. The fraction of sp³-hybridized carbons (Fsp3) is 0.529. The quantitative estimate of drug-likeness (QED) is 0.677. The van der Waals surface area contributed by atoms with Gasteiger partial charge in [0.25, 0.3) is 5.91 Å². The van der Waals surface area contributed by atoms with E-state index in [0.717, 1.165) is 43.3 Å². The Morgan fingerprint density at radius 3 is 3.22 bits per heavy atom. The lowest BCUT2D eigenvalue weighted by Gasteiger charge is -2.22. The highest BCUT2D eigenvalue weighted by Gasteiger charge is 2.22. The van der Waals surface area contributed by atoms with Crippen LogP contribution in [0.4, 0.5) is 0 Å². The normalized spacial score (nSPS) is 18.6. The first-order chi connectivity index (χ1) is 11.3. The van der Waals surface area contributed by atoms with Crippen molar-refractivity contribution in [1.82, 2.24) is 20.4 Å². The van der Waals surface area contributed by atoms with Crippen LogP contribution in [-0.2, 0) is 0 Å². The average molecular weight is 316 g/mol. The molecule has 2 heterocycles. The number of fused-ring (bicyclic) bond motifs is 1. The number of carbonyl (C=O) groups excluding carboxylic acids is 1. The molecule has 1 aliphatic rings. The van der Waals surface area contributed by atoms with Gasteiger partial charge in [0.05, 0.1) is 23.9 Å². The zero-order valence-corrected chi connectivity index (χ0v) is 13.3. The van der Waals surface area contributed by atoms with Crippen molar-refractivity contribution in [2.75, 3.05) is 26.2 Å². The first kappa shape index (κ1) is 16.0. The highest BCUT2D eigenvalue weighted by Crippen LogP contribution is 2.17. The van der Waals surface area contributed by atoms with E-state index in [0.29, 0.717) is 18.2 Å². The van der Waals surface area contributed by atoms with Crippen molar-refractivity contribution in [2.45, 2.75) is 31.7 Å². The van der Waals surface area contributed by atoms with Crippen LogP contribution in [-0.4, -0.2) is 58.4 Å². The van der Waals surface area contributed by atoms with Gasteiger partial charge in [0, 0.05) is 18.0 Å². The highest BCUT2D eigenvalue weighted by atomic mass is 16.3. The fourth-order valence-electron chi connectivity index (χ4n) is 3.29. The Bertz CT molecular complexity index is 655. The standard InChI is InChI=1S/C17H24N4O2/c22-12-14-6-4-10-21(14)9-2-1-8-18-17(23)15-7-3-5-13-11-19-20-16(13)15/h3,5,7,11,14,22H,1-2,4,6,8-10,12H2,(H,18,23)(H,19,20). The van der Waals surface area contributed by atoms with Gasteiger partial charge in [-0.15, -0.1) is 0 Å². The third kappa shape index (κ3) is 3.71. The van der Waals surface area contributed by atoms with Crippen LogP contribution in [0.1, 0.15) is 36.0 Å². The first-order valence-corrected chi connectivity index (χ1v) is 8.35. The van der Waals surface area contributed by atoms with E-state index in [9.17, 15) is 9.90 Å². The molecule has 6 heteroatoms. The van der Waals surface area contributed by atoms with Crippen LogP contribution in [0.15, 0.2) is 24.4 Å². The van der Waals surface area contributed by atoms with E-state index in [1.165, 1.54) is 6.42 Å². The van der Waals surface area contributed by atoms with Crippen molar-refractivity contribution in [1.29, 1.82) is 0 Å². The smallest absolute Gasteiger partial charge is 0.253 e. The van der Waals surface area contributed by atoms with E-state index in [4.69, 9.17) is 0 Å². The molecule has 1 aliphatic heterocycles. The second kappa shape index (κ2) is 7.57. The molecule has 1 aromatic carbocycles. The van der Waals surface area contributed by atoms with Crippen LogP contribution < -0.4 is 5.32 Å². The van der Waals surface area contributed by atoms with Crippen LogP contribution >= 0.6 is 0 Å². The fourth-order valence-corrected chi connectivity index (χ4v) is 3.29. The molecule has 1 unspecified atom stereocenters. The number of unbranched alkanes of at least 4 members (excludes halogenated alkanes) is 1. The molecule has 1 aromatic heterocycles. The molecule has 0 aliphatic carbocycles. The number of hydrogen-bond donors (Lipinski definition) is 3. The summed E-state index contributed by atoms with van der Waals surface area (Å²) in [6, 6.07) is 5.95. The molecular weight excluding hydrogens is 292 g/mol. The Morgan fingerprint density at radius 1 is 1.43 bits per heavy atom. The molecule has 0 radical (unpaired) electrons.